The summed E-state index contributed by atoms with van der Waals surface area (Å²) in [4.78, 5) is 29.7. The fourth-order valence-electron chi connectivity index (χ4n) is 4.72. The molecule has 4 aromatic rings. The molecule has 4 aromatic carbocycles. The molecule has 0 aliphatic carbocycles. The van der Waals surface area contributed by atoms with E-state index in [1.807, 2.05) is 68.4 Å². The standard InChI is InChI=1S/C34H34BrClFN3O4S/c1-3-24(2)38-34(42)32(20-25-11-6-4-7-12-25)39(22-26-13-10-14-27(35)19-26)33(41)23-40(28-17-18-31(37)30(36)21-28)45(43,44)29-15-8-5-9-16-29/h4-19,21,24,32H,3,20,22-23H2,1-2H3,(H,38,42)/t24-,32+/m1/s1. The van der Waals surface area contributed by atoms with Crippen molar-refractivity contribution in [2.24, 2.45) is 0 Å². The van der Waals surface area contributed by atoms with Crippen LogP contribution >= 0.6 is 27.5 Å². The van der Waals surface area contributed by atoms with Crippen LogP contribution in [-0.4, -0.2) is 43.8 Å². The third-order valence-corrected chi connectivity index (χ3v) is 9.89. The van der Waals surface area contributed by atoms with Gasteiger partial charge in [-0.25, -0.2) is 12.8 Å². The summed E-state index contributed by atoms with van der Waals surface area (Å²) in [5.41, 5.74) is 1.56. The predicted octanol–water partition coefficient (Wildman–Crippen LogP) is 6.99. The summed E-state index contributed by atoms with van der Waals surface area (Å²) >= 11 is 9.54. The lowest BCUT2D eigenvalue weighted by Gasteiger charge is -2.34. The van der Waals surface area contributed by atoms with Crippen molar-refractivity contribution in [3.63, 3.8) is 0 Å². The van der Waals surface area contributed by atoms with Gasteiger partial charge in [0.2, 0.25) is 11.8 Å². The Kier molecular flexibility index (Phi) is 11.8. The third-order valence-electron chi connectivity index (χ3n) is 7.32. The molecule has 2 amide bonds. The van der Waals surface area contributed by atoms with E-state index in [1.165, 1.54) is 29.2 Å². The molecule has 4 rings (SSSR count). The summed E-state index contributed by atoms with van der Waals surface area (Å²) in [7, 11) is -4.32. The predicted molar refractivity (Wildman–Crippen MR) is 179 cm³/mol. The van der Waals surface area contributed by atoms with E-state index in [9.17, 15) is 22.4 Å². The highest BCUT2D eigenvalue weighted by molar-refractivity contribution is 9.10. The van der Waals surface area contributed by atoms with Crippen LogP contribution in [0, 0.1) is 5.82 Å². The molecule has 2 atom stereocenters. The molecule has 0 bridgehead atoms. The van der Waals surface area contributed by atoms with E-state index in [4.69, 9.17) is 11.6 Å². The molecule has 0 fully saturated rings. The van der Waals surface area contributed by atoms with Gasteiger partial charge in [0.25, 0.3) is 10.0 Å². The van der Waals surface area contributed by atoms with Crippen LogP contribution in [0.1, 0.15) is 31.4 Å². The Morgan fingerprint density at radius 2 is 1.56 bits per heavy atom. The van der Waals surface area contributed by atoms with Crippen molar-refractivity contribution in [2.75, 3.05) is 10.8 Å². The fourth-order valence-corrected chi connectivity index (χ4v) is 6.76. The number of benzene rings is 4. The van der Waals surface area contributed by atoms with Crippen molar-refractivity contribution in [1.82, 2.24) is 10.2 Å². The first kappa shape index (κ1) is 34.1. The molecule has 0 unspecified atom stereocenters. The van der Waals surface area contributed by atoms with Gasteiger partial charge in [-0.1, -0.05) is 95.1 Å². The van der Waals surface area contributed by atoms with Crippen molar-refractivity contribution in [1.29, 1.82) is 0 Å². The minimum Gasteiger partial charge on any atom is -0.352 e. The largest absolute Gasteiger partial charge is 0.352 e. The number of sulfonamides is 1. The Hall–Kier alpha value is -3.73. The van der Waals surface area contributed by atoms with Crippen LogP contribution in [0.25, 0.3) is 0 Å². The first-order valence-corrected chi connectivity index (χ1v) is 17.0. The summed E-state index contributed by atoms with van der Waals surface area (Å²) in [6.07, 6.45) is 0.870. The molecule has 0 aromatic heterocycles. The van der Waals surface area contributed by atoms with E-state index < -0.39 is 34.3 Å². The number of halogens is 3. The first-order chi connectivity index (χ1) is 21.5. The minimum absolute atomic E-state index is 0.00433. The van der Waals surface area contributed by atoms with E-state index in [-0.39, 0.29) is 40.5 Å². The molecular weight excluding hydrogens is 681 g/mol. The van der Waals surface area contributed by atoms with Crippen molar-refractivity contribution >= 4 is 55.1 Å². The molecule has 0 spiro atoms. The summed E-state index contributed by atoms with van der Waals surface area (Å²) in [6.45, 7) is 3.17. The topological polar surface area (TPSA) is 86.8 Å². The summed E-state index contributed by atoms with van der Waals surface area (Å²) in [6, 6.07) is 26.6. The zero-order valence-corrected chi connectivity index (χ0v) is 28.0. The van der Waals surface area contributed by atoms with Gasteiger partial charge >= 0.3 is 0 Å². The van der Waals surface area contributed by atoms with Crippen LogP contribution in [0.4, 0.5) is 10.1 Å². The third kappa shape index (κ3) is 8.93. The number of hydrogen-bond acceptors (Lipinski definition) is 4. The molecule has 0 radical (unpaired) electrons. The number of amides is 2. The first-order valence-electron chi connectivity index (χ1n) is 14.4. The second-order valence-corrected chi connectivity index (χ2v) is 13.8. The Labute approximate surface area is 277 Å². The van der Waals surface area contributed by atoms with E-state index >= 15 is 0 Å². The molecule has 0 heterocycles. The van der Waals surface area contributed by atoms with E-state index in [0.717, 1.165) is 26.0 Å². The maximum atomic E-state index is 14.5. The Balaban J connectivity index is 1.82. The van der Waals surface area contributed by atoms with Gasteiger partial charge in [-0.3, -0.25) is 13.9 Å². The highest BCUT2D eigenvalue weighted by atomic mass is 79.9. The van der Waals surface area contributed by atoms with E-state index in [2.05, 4.69) is 21.2 Å². The zero-order valence-electron chi connectivity index (χ0n) is 24.9. The number of nitrogens with zero attached hydrogens (tertiary/aromatic N) is 2. The lowest BCUT2D eigenvalue weighted by Crippen LogP contribution is -2.54. The maximum absolute atomic E-state index is 14.5. The average Bonchev–Trinajstić information content (AvgIpc) is 3.03. The molecule has 11 heteroatoms. The Morgan fingerprint density at radius 1 is 0.911 bits per heavy atom. The van der Waals surface area contributed by atoms with Gasteiger partial charge < -0.3 is 10.2 Å². The summed E-state index contributed by atoms with van der Waals surface area (Å²) in [5.74, 6) is -1.72. The van der Waals surface area contributed by atoms with Gasteiger partial charge in [-0.05, 0) is 66.9 Å². The van der Waals surface area contributed by atoms with Crippen LogP contribution in [0.2, 0.25) is 5.02 Å². The minimum atomic E-state index is -4.32. The van der Waals surface area contributed by atoms with Crippen molar-refractivity contribution in [2.45, 2.75) is 50.2 Å². The van der Waals surface area contributed by atoms with Crippen LogP contribution in [0.5, 0.6) is 0 Å². The summed E-state index contributed by atoms with van der Waals surface area (Å²) in [5, 5.41) is 2.71. The number of nitrogens with one attached hydrogen (secondary N) is 1. The smallest absolute Gasteiger partial charge is 0.264 e. The number of carbonyl (C=O) groups excluding carboxylic acids is 2. The molecule has 7 nitrogen and oxygen atoms in total. The Bertz CT molecular complexity index is 1730. The lowest BCUT2D eigenvalue weighted by molar-refractivity contribution is -0.140. The monoisotopic (exact) mass is 713 g/mol. The lowest BCUT2D eigenvalue weighted by atomic mass is 10.0. The van der Waals surface area contributed by atoms with Crippen LogP contribution in [0.15, 0.2) is 112 Å². The molecule has 0 aliphatic heterocycles. The molecule has 45 heavy (non-hydrogen) atoms. The molecule has 1 N–H and O–H groups in total. The molecular formula is C34H34BrClFN3O4S. The molecule has 0 saturated heterocycles. The van der Waals surface area contributed by atoms with E-state index in [0.29, 0.717) is 6.42 Å². The second kappa shape index (κ2) is 15.5. The van der Waals surface area contributed by atoms with E-state index in [1.54, 1.807) is 18.2 Å². The fraction of sp³-hybridized carbons (Fsp3) is 0.235. The van der Waals surface area contributed by atoms with Crippen molar-refractivity contribution in [3.8, 4) is 0 Å². The number of carbonyl (C=O) groups is 2. The van der Waals surface area contributed by atoms with Crippen molar-refractivity contribution < 1.29 is 22.4 Å². The quantitative estimate of drug-likeness (QED) is 0.162. The molecule has 236 valence electrons. The van der Waals surface area contributed by atoms with Gasteiger partial charge in [0.15, 0.2) is 0 Å². The number of hydrogen-bond donors (Lipinski definition) is 1. The van der Waals surface area contributed by atoms with Gasteiger partial charge in [0, 0.05) is 23.5 Å². The Morgan fingerprint density at radius 3 is 2.18 bits per heavy atom. The average molecular weight is 715 g/mol. The molecule has 0 saturated carbocycles. The van der Waals surface area contributed by atoms with Gasteiger partial charge in [-0.2, -0.15) is 0 Å². The van der Waals surface area contributed by atoms with Crippen LogP contribution in [-0.2, 0) is 32.6 Å². The second-order valence-electron chi connectivity index (χ2n) is 10.6. The highest BCUT2D eigenvalue weighted by Crippen LogP contribution is 2.28. The van der Waals surface area contributed by atoms with Crippen LogP contribution < -0.4 is 9.62 Å². The van der Waals surface area contributed by atoms with Crippen molar-refractivity contribution in [3.05, 3.63) is 130 Å². The number of anilines is 1. The highest BCUT2D eigenvalue weighted by Gasteiger charge is 2.35. The summed E-state index contributed by atoms with van der Waals surface area (Å²) < 4.78 is 43.8. The molecule has 0 aliphatic rings. The maximum Gasteiger partial charge on any atom is 0.264 e. The van der Waals surface area contributed by atoms with Gasteiger partial charge in [-0.15, -0.1) is 0 Å². The number of rotatable bonds is 13. The van der Waals surface area contributed by atoms with Gasteiger partial charge in [0.1, 0.15) is 18.4 Å². The van der Waals surface area contributed by atoms with Gasteiger partial charge in [0.05, 0.1) is 15.6 Å². The zero-order chi connectivity index (χ0) is 32.6. The SMILES string of the molecule is CC[C@@H](C)NC(=O)[C@H](Cc1ccccc1)N(Cc1cccc(Br)c1)C(=O)CN(c1ccc(F)c(Cl)c1)S(=O)(=O)c1ccccc1. The van der Waals surface area contributed by atoms with Crippen LogP contribution in [0.3, 0.4) is 0 Å². The normalized spacial score (nSPS) is 12.6.